The molecule has 0 bridgehead atoms. The minimum absolute atomic E-state index is 0.132. The maximum Gasteiger partial charge on any atom is 0.162 e. The van der Waals surface area contributed by atoms with Crippen LogP contribution in [-0.4, -0.2) is 32.7 Å². The first-order valence-electron chi connectivity index (χ1n) is 5.31. The molecule has 1 saturated heterocycles. The average molecular weight is 202 g/mol. The number of methoxy groups -OCH3 is 2. The molecular formula is C11H22O3. The Bertz CT molecular complexity index is 166. The van der Waals surface area contributed by atoms with Crippen LogP contribution in [-0.2, 0) is 14.2 Å². The number of hydrogen-bond donors (Lipinski definition) is 0. The lowest BCUT2D eigenvalue weighted by Gasteiger charge is -2.27. The largest absolute Gasteiger partial charge is 0.375 e. The van der Waals surface area contributed by atoms with Crippen LogP contribution in [0.25, 0.3) is 0 Å². The first-order valence-corrected chi connectivity index (χ1v) is 5.31. The van der Waals surface area contributed by atoms with Crippen molar-refractivity contribution < 1.29 is 14.2 Å². The molecule has 0 aromatic heterocycles. The quantitative estimate of drug-likeness (QED) is 0.653. The van der Waals surface area contributed by atoms with Gasteiger partial charge in [0, 0.05) is 20.1 Å². The summed E-state index contributed by atoms with van der Waals surface area (Å²) in [5, 5.41) is 0. The Hall–Kier alpha value is -0.120. The van der Waals surface area contributed by atoms with Gasteiger partial charge in [-0.15, -0.1) is 0 Å². The normalized spacial score (nSPS) is 33.2. The van der Waals surface area contributed by atoms with Crippen molar-refractivity contribution in [3.63, 3.8) is 0 Å². The van der Waals surface area contributed by atoms with Crippen LogP contribution in [0.2, 0.25) is 0 Å². The van der Waals surface area contributed by atoms with Crippen molar-refractivity contribution in [1.29, 1.82) is 0 Å². The lowest BCUT2D eigenvalue weighted by molar-refractivity contribution is -0.153. The highest BCUT2D eigenvalue weighted by atomic mass is 16.7. The van der Waals surface area contributed by atoms with Gasteiger partial charge in [-0.25, -0.2) is 0 Å². The zero-order chi connectivity index (χ0) is 10.7. The smallest absolute Gasteiger partial charge is 0.162 e. The number of ether oxygens (including phenoxy) is 3. The summed E-state index contributed by atoms with van der Waals surface area (Å²) in [5.41, 5.74) is 0. The van der Waals surface area contributed by atoms with E-state index in [4.69, 9.17) is 14.2 Å². The highest BCUT2D eigenvalue weighted by molar-refractivity contribution is 4.84. The third-order valence-corrected chi connectivity index (χ3v) is 2.89. The molecule has 1 rings (SSSR count). The Kier molecular flexibility index (Phi) is 4.35. The molecule has 0 spiro atoms. The predicted molar refractivity (Wildman–Crippen MR) is 55.1 cm³/mol. The summed E-state index contributed by atoms with van der Waals surface area (Å²) in [5.74, 6) is 0.873. The van der Waals surface area contributed by atoms with Crippen molar-refractivity contribution in [1.82, 2.24) is 0 Å². The van der Waals surface area contributed by atoms with E-state index in [1.807, 2.05) is 0 Å². The third-order valence-electron chi connectivity index (χ3n) is 2.89. The lowest BCUT2D eigenvalue weighted by Crippen LogP contribution is -2.34. The maximum atomic E-state index is 5.86. The average Bonchev–Trinajstić information content (AvgIpc) is 2.50. The fourth-order valence-electron chi connectivity index (χ4n) is 2.31. The highest BCUT2D eigenvalue weighted by Crippen LogP contribution is 2.34. The van der Waals surface area contributed by atoms with Gasteiger partial charge in [-0.05, 0) is 19.3 Å². The third kappa shape index (κ3) is 2.47. The second kappa shape index (κ2) is 5.10. The standard InChI is InChI=1S/C11H22O3/c1-7(2)10-9(6-8(3)14-10)11(12-4)13-5/h7-11H,6H2,1-5H3/t8-,9-,10+/m1/s1. The molecule has 3 heteroatoms. The Labute approximate surface area is 86.7 Å². The zero-order valence-corrected chi connectivity index (χ0v) is 9.82. The molecule has 3 nitrogen and oxygen atoms in total. The van der Waals surface area contributed by atoms with Crippen LogP contribution < -0.4 is 0 Å². The molecule has 14 heavy (non-hydrogen) atoms. The van der Waals surface area contributed by atoms with Crippen molar-refractivity contribution in [2.75, 3.05) is 14.2 Å². The van der Waals surface area contributed by atoms with Crippen LogP contribution >= 0.6 is 0 Å². The lowest BCUT2D eigenvalue weighted by atomic mass is 9.91. The summed E-state index contributed by atoms with van der Waals surface area (Å²) in [6, 6.07) is 0. The van der Waals surface area contributed by atoms with Gasteiger partial charge in [0.2, 0.25) is 0 Å². The molecule has 1 aliphatic rings. The summed E-state index contributed by atoms with van der Waals surface area (Å²) >= 11 is 0. The molecule has 0 unspecified atom stereocenters. The SMILES string of the molecule is COC(OC)[C@@H]1C[C@@H](C)O[C@H]1C(C)C. The van der Waals surface area contributed by atoms with Crippen molar-refractivity contribution >= 4 is 0 Å². The van der Waals surface area contributed by atoms with E-state index in [1.165, 1.54) is 0 Å². The molecule has 0 radical (unpaired) electrons. The molecule has 0 N–H and O–H groups in total. The molecule has 0 aliphatic carbocycles. The van der Waals surface area contributed by atoms with E-state index in [-0.39, 0.29) is 12.4 Å². The van der Waals surface area contributed by atoms with Gasteiger partial charge in [-0.1, -0.05) is 13.8 Å². The summed E-state index contributed by atoms with van der Waals surface area (Å²) < 4.78 is 16.5. The van der Waals surface area contributed by atoms with Crippen molar-refractivity contribution in [2.45, 2.75) is 45.7 Å². The fourth-order valence-corrected chi connectivity index (χ4v) is 2.31. The van der Waals surface area contributed by atoms with Crippen molar-refractivity contribution in [2.24, 2.45) is 11.8 Å². The number of hydrogen-bond acceptors (Lipinski definition) is 3. The first kappa shape index (κ1) is 12.0. The van der Waals surface area contributed by atoms with Gasteiger partial charge in [-0.2, -0.15) is 0 Å². The molecule has 0 saturated carbocycles. The van der Waals surface area contributed by atoms with E-state index in [1.54, 1.807) is 14.2 Å². The molecule has 1 fully saturated rings. The first-order chi connectivity index (χ1) is 6.60. The van der Waals surface area contributed by atoms with Gasteiger partial charge in [0.05, 0.1) is 12.2 Å². The van der Waals surface area contributed by atoms with E-state index in [0.717, 1.165) is 6.42 Å². The summed E-state index contributed by atoms with van der Waals surface area (Å²) in [6.45, 7) is 6.47. The molecule has 0 amide bonds. The monoisotopic (exact) mass is 202 g/mol. The van der Waals surface area contributed by atoms with E-state index in [9.17, 15) is 0 Å². The molecule has 3 atom stereocenters. The van der Waals surface area contributed by atoms with Gasteiger partial charge in [0.1, 0.15) is 0 Å². The Morgan fingerprint density at radius 2 is 1.79 bits per heavy atom. The van der Waals surface area contributed by atoms with Gasteiger partial charge in [0.15, 0.2) is 6.29 Å². The summed E-state index contributed by atoms with van der Waals surface area (Å²) in [4.78, 5) is 0. The van der Waals surface area contributed by atoms with Crippen LogP contribution in [0.4, 0.5) is 0 Å². The Morgan fingerprint density at radius 3 is 2.21 bits per heavy atom. The zero-order valence-electron chi connectivity index (χ0n) is 9.82. The van der Waals surface area contributed by atoms with Crippen LogP contribution in [0, 0.1) is 11.8 Å². The molecule has 1 heterocycles. The molecular weight excluding hydrogens is 180 g/mol. The molecule has 1 aliphatic heterocycles. The van der Waals surface area contributed by atoms with Crippen LogP contribution in [0.15, 0.2) is 0 Å². The summed E-state index contributed by atoms with van der Waals surface area (Å²) in [7, 11) is 3.38. The van der Waals surface area contributed by atoms with Crippen LogP contribution in [0.5, 0.6) is 0 Å². The van der Waals surface area contributed by atoms with Gasteiger partial charge in [0.25, 0.3) is 0 Å². The van der Waals surface area contributed by atoms with Gasteiger partial charge >= 0.3 is 0 Å². The number of rotatable bonds is 4. The van der Waals surface area contributed by atoms with E-state index < -0.39 is 0 Å². The van der Waals surface area contributed by atoms with Crippen molar-refractivity contribution in [3.8, 4) is 0 Å². The Morgan fingerprint density at radius 1 is 1.21 bits per heavy atom. The van der Waals surface area contributed by atoms with E-state index in [2.05, 4.69) is 20.8 Å². The van der Waals surface area contributed by atoms with E-state index in [0.29, 0.717) is 17.9 Å². The fraction of sp³-hybridized carbons (Fsp3) is 1.00. The maximum absolute atomic E-state index is 5.86. The molecule has 0 aromatic rings. The second-order valence-electron chi connectivity index (χ2n) is 4.39. The molecule has 0 aromatic carbocycles. The Balaban J connectivity index is 2.64. The van der Waals surface area contributed by atoms with E-state index >= 15 is 0 Å². The summed E-state index contributed by atoms with van der Waals surface area (Å²) in [6.07, 6.45) is 1.47. The second-order valence-corrected chi connectivity index (χ2v) is 4.39. The minimum Gasteiger partial charge on any atom is -0.375 e. The van der Waals surface area contributed by atoms with Gasteiger partial charge < -0.3 is 14.2 Å². The predicted octanol–water partition coefficient (Wildman–Crippen LogP) is 2.05. The molecule has 84 valence electrons. The van der Waals surface area contributed by atoms with Crippen molar-refractivity contribution in [3.05, 3.63) is 0 Å². The topological polar surface area (TPSA) is 27.7 Å². The van der Waals surface area contributed by atoms with Crippen LogP contribution in [0.3, 0.4) is 0 Å². The van der Waals surface area contributed by atoms with Crippen LogP contribution in [0.1, 0.15) is 27.2 Å². The highest BCUT2D eigenvalue weighted by Gasteiger charge is 2.40. The van der Waals surface area contributed by atoms with Gasteiger partial charge in [-0.3, -0.25) is 0 Å². The minimum atomic E-state index is -0.132.